The number of carbonyl (C=O) groups is 1. The van der Waals surface area contributed by atoms with Gasteiger partial charge in [-0.25, -0.2) is 14.6 Å². The van der Waals surface area contributed by atoms with E-state index in [2.05, 4.69) is 9.78 Å². The Morgan fingerprint density at radius 1 is 1.15 bits per heavy atom. The normalized spacial score (nSPS) is 17.2. The van der Waals surface area contributed by atoms with Crippen molar-refractivity contribution in [2.24, 2.45) is 0 Å². The number of aliphatic carboxylic acids is 1. The Kier molecular flexibility index (Phi) is 5.40. The van der Waals surface area contributed by atoms with Crippen LogP contribution in [0, 0.1) is 0 Å². The first-order valence-electron chi connectivity index (χ1n) is 3.49. The van der Waals surface area contributed by atoms with Crippen molar-refractivity contribution in [3.63, 3.8) is 0 Å². The molecular weight excluding hydrogens is 193 g/mol. The van der Waals surface area contributed by atoms with E-state index in [9.17, 15) is 13.2 Å². The minimum absolute atomic E-state index is 0.778. The summed E-state index contributed by atoms with van der Waals surface area (Å²) in [5, 5.41) is 7.12. The van der Waals surface area contributed by atoms with Crippen molar-refractivity contribution < 1.29 is 32.8 Å². The van der Waals surface area contributed by atoms with E-state index in [1.165, 1.54) is 0 Å². The van der Waals surface area contributed by atoms with Gasteiger partial charge < -0.3 is 5.11 Å². The van der Waals surface area contributed by atoms with Crippen LogP contribution in [-0.2, 0) is 14.6 Å². The predicted octanol–water partition coefficient (Wildman–Crippen LogP) is 1.36. The summed E-state index contributed by atoms with van der Waals surface area (Å²) in [6, 6.07) is 0. The van der Waals surface area contributed by atoms with Gasteiger partial charge in [0.05, 0.1) is 13.2 Å². The predicted molar refractivity (Wildman–Crippen MR) is 34.8 cm³/mol. The lowest BCUT2D eigenvalue weighted by Gasteiger charge is -2.07. The Morgan fingerprint density at radius 2 is 1.46 bits per heavy atom. The molecular formula is C6H9F3O4. The number of alkyl halides is 3. The van der Waals surface area contributed by atoms with Gasteiger partial charge in [0.2, 0.25) is 0 Å². The van der Waals surface area contributed by atoms with E-state index < -0.39 is 12.1 Å². The van der Waals surface area contributed by atoms with Gasteiger partial charge in [0.15, 0.2) is 0 Å². The van der Waals surface area contributed by atoms with Crippen LogP contribution in [0.15, 0.2) is 0 Å². The maximum Gasteiger partial charge on any atom is 0.490 e. The molecule has 0 aromatic heterocycles. The average molecular weight is 202 g/mol. The second kappa shape index (κ2) is 5.76. The van der Waals surface area contributed by atoms with E-state index in [0.717, 1.165) is 26.1 Å². The molecule has 0 aromatic rings. The van der Waals surface area contributed by atoms with Gasteiger partial charge in [-0.15, -0.1) is 0 Å². The second-order valence-electron chi connectivity index (χ2n) is 2.15. The molecule has 1 fully saturated rings. The summed E-state index contributed by atoms with van der Waals surface area (Å²) in [6.07, 6.45) is -2.78. The lowest BCUT2D eigenvalue weighted by Crippen LogP contribution is -2.21. The molecule has 78 valence electrons. The van der Waals surface area contributed by atoms with Crippen LogP contribution in [0.2, 0.25) is 0 Å². The van der Waals surface area contributed by atoms with Crippen LogP contribution in [0.3, 0.4) is 0 Å². The van der Waals surface area contributed by atoms with Gasteiger partial charge in [0, 0.05) is 0 Å². The molecule has 1 aliphatic heterocycles. The summed E-state index contributed by atoms with van der Waals surface area (Å²) in [4.78, 5) is 18.0. The van der Waals surface area contributed by atoms with Crippen LogP contribution in [0.4, 0.5) is 13.2 Å². The quantitative estimate of drug-likeness (QED) is 0.602. The first-order chi connectivity index (χ1) is 5.94. The fourth-order valence-electron chi connectivity index (χ4n) is 0.440. The second-order valence-corrected chi connectivity index (χ2v) is 2.15. The zero-order chi connectivity index (χ0) is 10.3. The topological polar surface area (TPSA) is 55.8 Å². The van der Waals surface area contributed by atoms with E-state index >= 15 is 0 Å². The average Bonchev–Trinajstić information content (AvgIpc) is 2.07. The van der Waals surface area contributed by atoms with E-state index in [0.29, 0.717) is 0 Å². The summed E-state index contributed by atoms with van der Waals surface area (Å²) >= 11 is 0. The van der Waals surface area contributed by atoms with Crippen molar-refractivity contribution in [2.45, 2.75) is 19.0 Å². The molecule has 0 atom stereocenters. The molecule has 0 amide bonds. The summed E-state index contributed by atoms with van der Waals surface area (Å²) in [5.41, 5.74) is 0. The Morgan fingerprint density at radius 3 is 1.54 bits per heavy atom. The number of carboxylic acids is 1. The van der Waals surface area contributed by atoms with Gasteiger partial charge >= 0.3 is 12.1 Å². The minimum Gasteiger partial charge on any atom is -0.475 e. The van der Waals surface area contributed by atoms with E-state index in [1.54, 1.807) is 0 Å². The van der Waals surface area contributed by atoms with E-state index in [4.69, 9.17) is 9.90 Å². The fourth-order valence-corrected chi connectivity index (χ4v) is 0.440. The van der Waals surface area contributed by atoms with Gasteiger partial charge in [-0.05, 0) is 12.8 Å². The highest BCUT2D eigenvalue weighted by Crippen LogP contribution is 2.13. The van der Waals surface area contributed by atoms with Crippen molar-refractivity contribution in [1.29, 1.82) is 0 Å². The molecule has 1 heterocycles. The Hall–Kier alpha value is -0.820. The molecule has 0 aliphatic carbocycles. The van der Waals surface area contributed by atoms with Crippen molar-refractivity contribution >= 4 is 5.97 Å². The Bertz CT molecular complexity index is 141. The standard InChI is InChI=1S/C4H8O2.C2HF3O2/c1-2-4-6-5-3-1;3-2(4,5)1(6)7/h1-4H2;(H,6,7). The summed E-state index contributed by atoms with van der Waals surface area (Å²) in [7, 11) is 0. The van der Waals surface area contributed by atoms with Crippen LogP contribution in [0.5, 0.6) is 0 Å². The minimum atomic E-state index is -5.08. The monoisotopic (exact) mass is 202 g/mol. The fraction of sp³-hybridized carbons (Fsp3) is 0.833. The molecule has 1 aliphatic rings. The zero-order valence-corrected chi connectivity index (χ0v) is 6.63. The SMILES string of the molecule is C1CCOOC1.O=C(O)C(F)(F)F. The number of rotatable bonds is 0. The third-order valence-electron chi connectivity index (χ3n) is 1.03. The Balaban J connectivity index is 0.000000223. The molecule has 0 bridgehead atoms. The number of hydrogen-bond acceptors (Lipinski definition) is 3. The number of carboxylic acid groups (broad SMARTS) is 1. The van der Waals surface area contributed by atoms with Gasteiger partial charge in [0.1, 0.15) is 0 Å². The molecule has 0 aromatic carbocycles. The summed E-state index contributed by atoms with van der Waals surface area (Å²) < 4.78 is 31.7. The van der Waals surface area contributed by atoms with Gasteiger partial charge in [-0.3, -0.25) is 0 Å². The molecule has 4 nitrogen and oxygen atoms in total. The molecule has 0 radical (unpaired) electrons. The third kappa shape index (κ3) is 7.54. The number of hydrogen-bond donors (Lipinski definition) is 1. The Labute approximate surface area is 72.2 Å². The first kappa shape index (κ1) is 12.2. The summed E-state index contributed by atoms with van der Waals surface area (Å²) in [6.45, 7) is 1.56. The van der Waals surface area contributed by atoms with E-state index in [-0.39, 0.29) is 0 Å². The molecule has 1 saturated heterocycles. The third-order valence-corrected chi connectivity index (χ3v) is 1.03. The highest BCUT2D eigenvalue weighted by Gasteiger charge is 2.38. The molecule has 0 spiro atoms. The van der Waals surface area contributed by atoms with Crippen molar-refractivity contribution in [3.8, 4) is 0 Å². The molecule has 7 heteroatoms. The maximum absolute atomic E-state index is 10.6. The number of halogens is 3. The highest BCUT2D eigenvalue weighted by atomic mass is 19.4. The summed E-state index contributed by atoms with van der Waals surface area (Å²) in [5.74, 6) is -2.76. The van der Waals surface area contributed by atoms with Crippen LogP contribution >= 0.6 is 0 Å². The highest BCUT2D eigenvalue weighted by molar-refractivity contribution is 5.73. The largest absolute Gasteiger partial charge is 0.490 e. The van der Waals surface area contributed by atoms with Crippen LogP contribution in [0.25, 0.3) is 0 Å². The van der Waals surface area contributed by atoms with Crippen LogP contribution in [-0.4, -0.2) is 30.5 Å². The maximum atomic E-state index is 10.6. The van der Waals surface area contributed by atoms with Crippen molar-refractivity contribution in [2.75, 3.05) is 13.2 Å². The van der Waals surface area contributed by atoms with Crippen LogP contribution < -0.4 is 0 Å². The van der Waals surface area contributed by atoms with Gasteiger partial charge in [-0.1, -0.05) is 0 Å². The lowest BCUT2D eigenvalue weighted by molar-refractivity contribution is -0.312. The van der Waals surface area contributed by atoms with Crippen LogP contribution in [0.1, 0.15) is 12.8 Å². The van der Waals surface area contributed by atoms with Crippen molar-refractivity contribution in [1.82, 2.24) is 0 Å². The smallest absolute Gasteiger partial charge is 0.475 e. The van der Waals surface area contributed by atoms with Gasteiger partial charge in [-0.2, -0.15) is 13.2 Å². The molecule has 1 rings (SSSR count). The lowest BCUT2D eigenvalue weighted by atomic mass is 10.3. The molecule has 13 heavy (non-hydrogen) atoms. The van der Waals surface area contributed by atoms with Gasteiger partial charge in [0.25, 0.3) is 0 Å². The molecule has 0 saturated carbocycles. The van der Waals surface area contributed by atoms with Crippen molar-refractivity contribution in [3.05, 3.63) is 0 Å². The molecule has 0 unspecified atom stereocenters. The zero-order valence-electron chi connectivity index (χ0n) is 6.63. The first-order valence-corrected chi connectivity index (χ1v) is 3.49. The molecule has 1 N–H and O–H groups in total. The van der Waals surface area contributed by atoms with E-state index in [1.807, 2.05) is 0 Å².